The maximum Gasteiger partial charge on any atom is 0.140 e. The number of nitrogens with one attached hydrogen (secondary N) is 1. The lowest BCUT2D eigenvalue weighted by atomic mass is 10.3. The van der Waals surface area contributed by atoms with Crippen LogP contribution in [0.4, 0.5) is 5.82 Å². The van der Waals surface area contributed by atoms with E-state index in [1.54, 1.807) is 6.07 Å². The van der Waals surface area contributed by atoms with Crippen LogP contribution in [0.2, 0.25) is 5.02 Å². The minimum atomic E-state index is 0.658. The van der Waals surface area contributed by atoms with Gasteiger partial charge in [0.15, 0.2) is 0 Å². The number of thioether (sulfide) groups is 1. The zero-order valence-corrected chi connectivity index (χ0v) is 10.5. The third kappa shape index (κ3) is 3.01. The van der Waals surface area contributed by atoms with Crippen LogP contribution in [-0.4, -0.2) is 34.5 Å². The van der Waals surface area contributed by atoms with Gasteiger partial charge in [-0.2, -0.15) is 11.8 Å². The molecular formula is C10H15ClN4S. The van der Waals surface area contributed by atoms with Crippen molar-refractivity contribution in [1.29, 1.82) is 0 Å². The summed E-state index contributed by atoms with van der Waals surface area (Å²) in [5, 5.41) is 0.706. The van der Waals surface area contributed by atoms with Gasteiger partial charge in [0.2, 0.25) is 0 Å². The van der Waals surface area contributed by atoms with Crippen molar-refractivity contribution in [1.82, 2.24) is 9.88 Å². The monoisotopic (exact) mass is 258 g/mol. The molecule has 1 aromatic heterocycles. The molecule has 0 unspecified atom stereocenters. The van der Waals surface area contributed by atoms with Gasteiger partial charge in [-0.1, -0.05) is 11.6 Å². The molecule has 2 heterocycles. The highest BCUT2D eigenvalue weighted by molar-refractivity contribution is 7.99. The van der Waals surface area contributed by atoms with Crippen molar-refractivity contribution < 1.29 is 0 Å². The molecule has 16 heavy (non-hydrogen) atoms. The maximum absolute atomic E-state index is 6.11. The van der Waals surface area contributed by atoms with E-state index in [0.717, 1.165) is 25.3 Å². The molecule has 0 spiro atoms. The summed E-state index contributed by atoms with van der Waals surface area (Å²) in [4.78, 5) is 6.73. The molecule has 3 N–H and O–H groups in total. The normalized spacial score (nSPS) is 17.4. The summed E-state index contributed by atoms with van der Waals surface area (Å²) in [6, 6.07) is 3.61. The predicted octanol–water partition coefficient (Wildman–Crippen LogP) is 1.57. The van der Waals surface area contributed by atoms with E-state index in [1.807, 2.05) is 17.8 Å². The Labute approximate surface area is 105 Å². The highest BCUT2D eigenvalue weighted by atomic mass is 35.5. The van der Waals surface area contributed by atoms with E-state index in [2.05, 4.69) is 15.3 Å². The molecule has 0 radical (unpaired) electrons. The van der Waals surface area contributed by atoms with Crippen LogP contribution in [0.1, 0.15) is 5.69 Å². The maximum atomic E-state index is 6.11. The van der Waals surface area contributed by atoms with Crippen molar-refractivity contribution in [2.24, 2.45) is 5.84 Å². The Morgan fingerprint density at radius 2 is 2.19 bits per heavy atom. The number of nitrogens with zero attached hydrogens (tertiary/aromatic N) is 2. The number of hydrazine groups is 1. The average Bonchev–Trinajstić information content (AvgIpc) is 2.33. The topological polar surface area (TPSA) is 54.2 Å². The third-order valence-electron chi connectivity index (χ3n) is 2.54. The molecule has 1 aliphatic heterocycles. The molecule has 1 aromatic rings. The molecule has 0 atom stereocenters. The Hall–Kier alpha value is -0.490. The van der Waals surface area contributed by atoms with Gasteiger partial charge in [0, 0.05) is 31.1 Å². The van der Waals surface area contributed by atoms with Gasteiger partial charge >= 0.3 is 0 Å². The largest absolute Gasteiger partial charge is 0.308 e. The summed E-state index contributed by atoms with van der Waals surface area (Å²) >= 11 is 8.10. The number of aromatic nitrogens is 1. The quantitative estimate of drug-likeness (QED) is 0.637. The van der Waals surface area contributed by atoms with Crippen LogP contribution in [0.5, 0.6) is 0 Å². The number of anilines is 1. The van der Waals surface area contributed by atoms with Gasteiger partial charge in [-0.05, 0) is 12.1 Å². The molecule has 88 valence electrons. The van der Waals surface area contributed by atoms with Gasteiger partial charge in [-0.25, -0.2) is 10.8 Å². The number of rotatable bonds is 3. The number of hydrogen-bond donors (Lipinski definition) is 2. The van der Waals surface area contributed by atoms with Gasteiger partial charge < -0.3 is 5.43 Å². The molecule has 0 saturated carbocycles. The van der Waals surface area contributed by atoms with E-state index in [1.165, 1.54) is 11.5 Å². The molecule has 2 rings (SSSR count). The SMILES string of the molecule is NNc1ccc(Cl)c(CN2CCSCC2)n1. The Morgan fingerprint density at radius 1 is 1.44 bits per heavy atom. The van der Waals surface area contributed by atoms with Crippen LogP contribution in [0.3, 0.4) is 0 Å². The first-order valence-corrected chi connectivity index (χ1v) is 6.75. The van der Waals surface area contributed by atoms with Crippen LogP contribution in [0, 0.1) is 0 Å². The van der Waals surface area contributed by atoms with Crippen molar-refractivity contribution in [3.05, 3.63) is 22.8 Å². The van der Waals surface area contributed by atoms with Crippen molar-refractivity contribution in [2.45, 2.75) is 6.54 Å². The number of nitrogen functional groups attached to an aromatic ring is 1. The Kier molecular flexibility index (Phi) is 4.29. The van der Waals surface area contributed by atoms with Crippen LogP contribution in [0.15, 0.2) is 12.1 Å². The highest BCUT2D eigenvalue weighted by Crippen LogP contribution is 2.19. The van der Waals surface area contributed by atoms with Crippen molar-refractivity contribution in [2.75, 3.05) is 30.0 Å². The number of halogens is 1. The van der Waals surface area contributed by atoms with Gasteiger partial charge in [0.1, 0.15) is 5.82 Å². The number of nitrogens with two attached hydrogens (primary N) is 1. The lowest BCUT2D eigenvalue weighted by Gasteiger charge is -2.26. The zero-order chi connectivity index (χ0) is 11.4. The second-order valence-electron chi connectivity index (χ2n) is 3.66. The Balaban J connectivity index is 2.06. The van der Waals surface area contributed by atoms with Crippen LogP contribution in [0.25, 0.3) is 0 Å². The van der Waals surface area contributed by atoms with Crippen molar-refractivity contribution >= 4 is 29.2 Å². The molecule has 0 aliphatic carbocycles. The van der Waals surface area contributed by atoms with E-state index in [9.17, 15) is 0 Å². The molecule has 0 amide bonds. The van der Waals surface area contributed by atoms with Gasteiger partial charge in [0.05, 0.1) is 10.7 Å². The van der Waals surface area contributed by atoms with Crippen LogP contribution < -0.4 is 11.3 Å². The van der Waals surface area contributed by atoms with E-state index in [4.69, 9.17) is 17.4 Å². The van der Waals surface area contributed by atoms with E-state index in [-0.39, 0.29) is 0 Å². The summed E-state index contributed by atoms with van der Waals surface area (Å²) in [6.07, 6.45) is 0. The summed E-state index contributed by atoms with van der Waals surface area (Å²) in [5.41, 5.74) is 3.43. The molecule has 4 nitrogen and oxygen atoms in total. The first kappa shape index (κ1) is 12.0. The molecule has 0 aromatic carbocycles. The van der Waals surface area contributed by atoms with Gasteiger partial charge in [0.25, 0.3) is 0 Å². The van der Waals surface area contributed by atoms with E-state index in [0.29, 0.717) is 10.8 Å². The predicted molar refractivity (Wildman–Crippen MR) is 69.7 cm³/mol. The molecule has 6 heteroatoms. The summed E-state index contributed by atoms with van der Waals surface area (Å²) in [5.74, 6) is 8.36. The summed E-state index contributed by atoms with van der Waals surface area (Å²) in [7, 11) is 0. The van der Waals surface area contributed by atoms with Crippen LogP contribution >= 0.6 is 23.4 Å². The molecule has 1 saturated heterocycles. The van der Waals surface area contributed by atoms with Gasteiger partial charge in [-0.15, -0.1) is 0 Å². The fraction of sp³-hybridized carbons (Fsp3) is 0.500. The molecule has 1 fully saturated rings. The first-order valence-electron chi connectivity index (χ1n) is 5.22. The molecule has 1 aliphatic rings. The van der Waals surface area contributed by atoms with E-state index < -0.39 is 0 Å². The standard InChI is InChI=1S/C10H15ClN4S/c11-8-1-2-10(14-12)13-9(8)7-15-3-5-16-6-4-15/h1-2H,3-7,12H2,(H,13,14). The smallest absolute Gasteiger partial charge is 0.140 e. The fourth-order valence-corrected chi connectivity index (χ4v) is 2.79. The molecule has 0 bridgehead atoms. The molecular weight excluding hydrogens is 244 g/mol. The first-order chi connectivity index (χ1) is 7.79. The summed E-state index contributed by atoms with van der Waals surface area (Å²) in [6.45, 7) is 3.00. The third-order valence-corrected chi connectivity index (χ3v) is 3.83. The second kappa shape index (κ2) is 5.72. The average molecular weight is 259 g/mol. The van der Waals surface area contributed by atoms with Gasteiger partial charge in [-0.3, -0.25) is 4.90 Å². The minimum absolute atomic E-state index is 0.658. The Bertz CT molecular complexity index is 355. The van der Waals surface area contributed by atoms with Crippen LogP contribution in [-0.2, 0) is 6.54 Å². The fourth-order valence-electron chi connectivity index (χ4n) is 1.65. The zero-order valence-electron chi connectivity index (χ0n) is 8.95. The second-order valence-corrected chi connectivity index (χ2v) is 5.29. The Morgan fingerprint density at radius 3 is 2.88 bits per heavy atom. The lowest BCUT2D eigenvalue weighted by Crippen LogP contribution is -2.32. The van der Waals surface area contributed by atoms with E-state index >= 15 is 0 Å². The van der Waals surface area contributed by atoms with Crippen molar-refractivity contribution in [3.8, 4) is 0 Å². The highest BCUT2D eigenvalue weighted by Gasteiger charge is 2.13. The number of pyridine rings is 1. The number of hydrogen-bond acceptors (Lipinski definition) is 5. The van der Waals surface area contributed by atoms with Crippen molar-refractivity contribution in [3.63, 3.8) is 0 Å². The lowest BCUT2D eigenvalue weighted by molar-refractivity contribution is 0.291. The minimum Gasteiger partial charge on any atom is -0.308 e. The summed E-state index contributed by atoms with van der Waals surface area (Å²) < 4.78 is 0.